The van der Waals surface area contributed by atoms with Gasteiger partial charge in [0, 0.05) is 22.7 Å². The molecule has 1 aliphatic heterocycles. The topological polar surface area (TPSA) is 73.9 Å². The Labute approximate surface area is 162 Å². The van der Waals surface area contributed by atoms with E-state index in [1.165, 1.54) is 0 Å². The molecule has 6 heteroatoms. The predicted octanol–water partition coefficient (Wildman–Crippen LogP) is 5.76. The summed E-state index contributed by atoms with van der Waals surface area (Å²) >= 11 is 0. The third kappa shape index (κ3) is 3.57. The first-order valence-corrected chi connectivity index (χ1v) is 9.03. The first kappa shape index (κ1) is 16.1. The van der Waals surface area contributed by atoms with Crippen molar-refractivity contribution >= 4 is 46.0 Å². The maximum atomic E-state index is 4.66. The number of hydrogen-bond acceptors (Lipinski definition) is 6. The second kappa shape index (κ2) is 6.92. The Morgan fingerprint density at radius 1 is 0.393 bits per heavy atom. The van der Waals surface area contributed by atoms with E-state index in [0.29, 0.717) is 0 Å². The van der Waals surface area contributed by atoms with Crippen molar-refractivity contribution in [3.63, 3.8) is 0 Å². The van der Waals surface area contributed by atoms with E-state index in [-0.39, 0.29) is 0 Å². The molecule has 0 radical (unpaired) electrons. The summed E-state index contributed by atoms with van der Waals surface area (Å²) < 4.78 is 0. The lowest BCUT2D eigenvalue weighted by atomic mass is 10.2. The van der Waals surface area contributed by atoms with Crippen LogP contribution in [0.25, 0.3) is 0 Å². The van der Waals surface area contributed by atoms with Gasteiger partial charge in [-0.05, 0) is 60.7 Å². The maximum absolute atomic E-state index is 4.66. The number of fused-ring (bicyclic) bond motifs is 8. The van der Waals surface area contributed by atoms with Gasteiger partial charge in [0.2, 0.25) is 0 Å². The largest absolute Gasteiger partial charge is 0.340 e. The standard InChI is InChI=1S/C22H18N6/c1-5-15-13-16(6-1)24-20-10-4-12-22(28-20)26-18-8-2-7-17(14-18)25-21-11-3-9-19(23-15)27-21/h1-14H,(H2,23,25,27)(H2,24,26,28). The number of anilines is 8. The first-order chi connectivity index (χ1) is 13.8. The number of nitrogens with zero attached hydrogens (tertiary/aromatic N) is 2. The molecule has 5 rings (SSSR count). The summed E-state index contributed by atoms with van der Waals surface area (Å²) in [6.07, 6.45) is 0. The lowest BCUT2D eigenvalue weighted by Crippen LogP contribution is -2.01. The number of hydrogen-bond donors (Lipinski definition) is 4. The summed E-state index contributed by atoms with van der Waals surface area (Å²) in [7, 11) is 0. The minimum atomic E-state index is 0.767. The lowest BCUT2D eigenvalue weighted by molar-refractivity contribution is 1.28. The molecule has 2 aromatic carbocycles. The van der Waals surface area contributed by atoms with Gasteiger partial charge in [0.1, 0.15) is 23.3 Å². The highest BCUT2D eigenvalue weighted by molar-refractivity contribution is 5.70. The van der Waals surface area contributed by atoms with E-state index in [4.69, 9.17) is 0 Å². The van der Waals surface area contributed by atoms with Gasteiger partial charge in [-0.2, -0.15) is 0 Å². The maximum Gasteiger partial charge on any atom is 0.132 e. The molecule has 0 amide bonds. The van der Waals surface area contributed by atoms with Crippen LogP contribution >= 0.6 is 0 Å². The number of benzene rings is 2. The normalized spacial score (nSPS) is 12.0. The molecular weight excluding hydrogens is 348 g/mol. The smallest absolute Gasteiger partial charge is 0.132 e. The van der Waals surface area contributed by atoms with Crippen LogP contribution in [0.4, 0.5) is 46.0 Å². The third-order valence-electron chi connectivity index (χ3n) is 4.31. The van der Waals surface area contributed by atoms with Gasteiger partial charge in [-0.3, -0.25) is 0 Å². The quantitative estimate of drug-likeness (QED) is 0.279. The first-order valence-electron chi connectivity index (χ1n) is 9.03. The Bertz CT molecular complexity index is 890. The molecule has 0 saturated heterocycles. The predicted molar refractivity (Wildman–Crippen MR) is 114 cm³/mol. The molecule has 0 fully saturated rings. The van der Waals surface area contributed by atoms with Gasteiger partial charge >= 0.3 is 0 Å². The zero-order valence-corrected chi connectivity index (χ0v) is 15.0. The minimum absolute atomic E-state index is 0.767. The van der Waals surface area contributed by atoms with Crippen LogP contribution in [0.2, 0.25) is 0 Å². The molecule has 3 heterocycles. The zero-order valence-electron chi connectivity index (χ0n) is 15.0. The van der Waals surface area contributed by atoms with Gasteiger partial charge in [-0.15, -0.1) is 0 Å². The van der Waals surface area contributed by atoms with E-state index >= 15 is 0 Å². The number of aromatic nitrogens is 2. The van der Waals surface area contributed by atoms with E-state index in [0.717, 1.165) is 46.0 Å². The SMILES string of the molecule is c1cc2cc(c1)Nc1cccc(n1)Nc1cccc(c1)Nc1cccc(n1)N2. The van der Waals surface area contributed by atoms with Crippen molar-refractivity contribution in [2.75, 3.05) is 21.3 Å². The zero-order chi connectivity index (χ0) is 18.8. The Morgan fingerprint density at radius 2 is 0.679 bits per heavy atom. The Balaban J connectivity index is 1.60. The van der Waals surface area contributed by atoms with Crippen LogP contribution in [0.15, 0.2) is 84.9 Å². The van der Waals surface area contributed by atoms with Gasteiger partial charge in [-0.25, -0.2) is 9.97 Å². The molecule has 4 aromatic rings. The summed E-state index contributed by atoms with van der Waals surface area (Å²) in [4.78, 5) is 9.31. The molecule has 1 aliphatic rings. The second-order valence-electron chi connectivity index (χ2n) is 6.48. The molecule has 0 spiro atoms. The van der Waals surface area contributed by atoms with Crippen LogP contribution < -0.4 is 21.3 Å². The molecule has 136 valence electrons. The fraction of sp³-hybridized carbons (Fsp3) is 0. The van der Waals surface area contributed by atoms with Crippen molar-refractivity contribution in [1.29, 1.82) is 0 Å². The molecule has 6 nitrogen and oxygen atoms in total. The van der Waals surface area contributed by atoms with Crippen molar-refractivity contribution in [3.8, 4) is 0 Å². The summed E-state index contributed by atoms with van der Waals surface area (Å²) in [5, 5.41) is 13.4. The molecule has 0 aliphatic carbocycles. The fourth-order valence-electron chi connectivity index (χ4n) is 3.09. The van der Waals surface area contributed by atoms with Crippen molar-refractivity contribution < 1.29 is 0 Å². The van der Waals surface area contributed by atoms with Crippen LogP contribution in [-0.2, 0) is 0 Å². The highest BCUT2D eigenvalue weighted by Crippen LogP contribution is 2.26. The Kier molecular flexibility index (Phi) is 3.99. The third-order valence-corrected chi connectivity index (χ3v) is 4.31. The summed E-state index contributed by atoms with van der Waals surface area (Å²) in [6.45, 7) is 0. The monoisotopic (exact) mass is 366 g/mol. The van der Waals surface area contributed by atoms with Gasteiger partial charge < -0.3 is 21.3 Å². The van der Waals surface area contributed by atoms with Crippen LogP contribution in [0.3, 0.4) is 0 Å². The second-order valence-corrected chi connectivity index (χ2v) is 6.48. The van der Waals surface area contributed by atoms with Crippen molar-refractivity contribution in [2.45, 2.75) is 0 Å². The summed E-state index contributed by atoms with van der Waals surface area (Å²) in [5.41, 5.74) is 3.77. The fourth-order valence-corrected chi connectivity index (χ4v) is 3.09. The van der Waals surface area contributed by atoms with E-state index in [9.17, 15) is 0 Å². The highest BCUT2D eigenvalue weighted by Gasteiger charge is 2.05. The van der Waals surface area contributed by atoms with E-state index in [1.54, 1.807) is 0 Å². The lowest BCUT2D eigenvalue weighted by Gasteiger charge is -2.14. The van der Waals surface area contributed by atoms with Crippen molar-refractivity contribution in [1.82, 2.24) is 9.97 Å². The van der Waals surface area contributed by atoms with Crippen LogP contribution in [0, 0.1) is 0 Å². The molecule has 0 atom stereocenters. The van der Waals surface area contributed by atoms with E-state index < -0.39 is 0 Å². The summed E-state index contributed by atoms with van der Waals surface area (Å²) in [6, 6.07) is 27.8. The van der Waals surface area contributed by atoms with Crippen molar-refractivity contribution in [3.05, 3.63) is 84.9 Å². The van der Waals surface area contributed by atoms with E-state index in [1.807, 2.05) is 84.9 Å². The molecule has 4 N–H and O–H groups in total. The van der Waals surface area contributed by atoms with Gasteiger partial charge in [0.15, 0.2) is 0 Å². The van der Waals surface area contributed by atoms with Crippen LogP contribution in [0.1, 0.15) is 0 Å². The van der Waals surface area contributed by atoms with Crippen LogP contribution in [0.5, 0.6) is 0 Å². The Hall–Kier alpha value is -4.06. The van der Waals surface area contributed by atoms with Crippen molar-refractivity contribution in [2.24, 2.45) is 0 Å². The molecule has 0 saturated carbocycles. The van der Waals surface area contributed by atoms with Gasteiger partial charge in [0.25, 0.3) is 0 Å². The number of rotatable bonds is 0. The van der Waals surface area contributed by atoms with E-state index in [2.05, 4.69) is 31.2 Å². The molecule has 8 bridgehead atoms. The van der Waals surface area contributed by atoms with Gasteiger partial charge in [0.05, 0.1) is 0 Å². The average molecular weight is 366 g/mol. The summed E-state index contributed by atoms with van der Waals surface area (Å²) in [5.74, 6) is 3.07. The molecule has 28 heavy (non-hydrogen) atoms. The average Bonchev–Trinajstić information content (AvgIpc) is 2.69. The molecular formula is C22H18N6. The Morgan fingerprint density at radius 3 is 1.00 bits per heavy atom. The number of nitrogens with one attached hydrogen (secondary N) is 4. The minimum Gasteiger partial charge on any atom is -0.340 e. The number of pyridine rings is 2. The van der Waals surface area contributed by atoms with Crippen LogP contribution in [-0.4, -0.2) is 9.97 Å². The molecule has 2 aromatic heterocycles. The highest BCUT2D eigenvalue weighted by atomic mass is 15.1. The molecule has 0 unspecified atom stereocenters. The van der Waals surface area contributed by atoms with Gasteiger partial charge in [-0.1, -0.05) is 24.3 Å².